The van der Waals surface area contributed by atoms with Crippen molar-refractivity contribution in [3.05, 3.63) is 0 Å². The van der Waals surface area contributed by atoms with Crippen LogP contribution >= 0.6 is 0 Å². The molecular formula is C12H24N2O. The summed E-state index contributed by atoms with van der Waals surface area (Å²) in [4.78, 5) is 14.5. The summed E-state index contributed by atoms with van der Waals surface area (Å²) in [6.45, 7) is 6.71. The quantitative estimate of drug-likeness (QED) is 0.760. The fraction of sp³-hybridized carbons (Fsp3) is 0.917. The molecule has 0 aromatic heterocycles. The number of carbonyl (C=O) groups excluding carboxylic acids is 1. The van der Waals surface area contributed by atoms with Crippen molar-refractivity contribution in [3.63, 3.8) is 0 Å². The van der Waals surface area contributed by atoms with Gasteiger partial charge in [0, 0.05) is 24.9 Å². The predicted octanol–water partition coefficient (Wildman–Crippen LogP) is 1.13. The maximum Gasteiger partial charge on any atom is 0.141 e. The first-order chi connectivity index (χ1) is 7.06. The summed E-state index contributed by atoms with van der Waals surface area (Å²) >= 11 is 0. The van der Waals surface area contributed by atoms with Crippen LogP contribution in [-0.4, -0.2) is 37.4 Å². The Morgan fingerprint density at radius 2 is 2.20 bits per heavy atom. The maximum absolute atomic E-state index is 12.2. The van der Waals surface area contributed by atoms with E-state index in [9.17, 15) is 4.79 Å². The highest BCUT2D eigenvalue weighted by molar-refractivity contribution is 5.84. The van der Waals surface area contributed by atoms with Crippen LogP contribution in [0.3, 0.4) is 0 Å². The number of hydrogen-bond donors (Lipinski definition) is 1. The number of nitrogens with two attached hydrogens (primary N) is 1. The van der Waals surface area contributed by atoms with Gasteiger partial charge in [-0.05, 0) is 32.4 Å². The highest BCUT2D eigenvalue weighted by Crippen LogP contribution is 2.22. The van der Waals surface area contributed by atoms with Crippen LogP contribution in [0.1, 0.15) is 26.7 Å². The third kappa shape index (κ3) is 3.28. The summed E-state index contributed by atoms with van der Waals surface area (Å²) in [6.07, 6.45) is 2.19. The van der Waals surface area contributed by atoms with E-state index in [2.05, 4.69) is 25.8 Å². The van der Waals surface area contributed by atoms with Gasteiger partial charge >= 0.3 is 0 Å². The average Bonchev–Trinajstić information content (AvgIpc) is 2.18. The van der Waals surface area contributed by atoms with Crippen molar-refractivity contribution in [2.75, 3.05) is 26.7 Å². The molecule has 0 bridgehead atoms. The molecule has 1 aliphatic rings. The minimum absolute atomic E-state index is 0.0569. The SMILES string of the molecule is CC(C)C(CN)C(=O)C1CCCN(C)C1. The van der Waals surface area contributed by atoms with Crippen molar-refractivity contribution in [3.8, 4) is 0 Å². The largest absolute Gasteiger partial charge is 0.330 e. The molecule has 15 heavy (non-hydrogen) atoms. The van der Waals surface area contributed by atoms with Crippen LogP contribution < -0.4 is 5.73 Å². The smallest absolute Gasteiger partial charge is 0.141 e. The zero-order valence-electron chi connectivity index (χ0n) is 10.2. The van der Waals surface area contributed by atoms with E-state index in [4.69, 9.17) is 5.73 Å². The topological polar surface area (TPSA) is 46.3 Å². The summed E-state index contributed by atoms with van der Waals surface area (Å²) in [6, 6.07) is 0. The molecule has 0 amide bonds. The van der Waals surface area contributed by atoms with Gasteiger partial charge in [0.25, 0.3) is 0 Å². The van der Waals surface area contributed by atoms with Crippen molar-refractivity contribution in [1.82, 2.24) is 4.90 Å². The van der Waals surface area contributed by atoms with Gasteiger partial charge < -0.3 is 10.6 Å². The molecule has 0 aromatic rings. The summed E-state index contributed by atoms with van der Waals surface area (Å²) in [7, 11) is 2.09. The van der Waals surface area contributed by atoms with Crippen LogP contribution in [0.5, 0.6) is 0 Å². The van der Waals surface area contributed by atoms with Crippen LogP contribution in [0.4, 0.5) is 0 Å². The molecule has 0 spiro atoms. The highest BCUT2D eigenvalue weighted by atomic mass is 16.1. The number of likely N-dealkylation sites (tertiary alicyclic amines) is 1. The van der Waals surface area contributed by atoms with Crippen LogP contribution in [0, 0.1) is 17.8 Å². The zero-order valence-corrected chi connectivity index (χ0v) is 10.2. The third-order valence-corrected chi connectivity index (χ3v) is 3.45. The van der Waals surface area contributed by atoms with Crippen LogP contribution in [0.25, 0.3) is 0 Å². The Labute approximate surface area is 93.0 Å². The van der Waals surface area contributed by atoms with E-state index >= 15 is 0 Å². The molecule has 1 fully saturated rings. The molecule has 3 heteroatoms. The molecule has 2 atom stereocenters. The molecule has 0 aromatic carbocycles. The Morgan fingerprint density at radius 3 is 2.67 bits per heavy atom. The van der Waals surface area contributed by atoms with Gasteiger partial charge in [0.1, 0.15) is 5.78 Å². The minimum Gasteiger partial charge on any atom is -0.330 e. The molecule has 88 valence electrons. The predicted molar refractivity (Wildman–Crippen MR) is 62.6 cm³/mol. The van der Waals surface area contributed by atoms with E-state index in [0.717, 1.165) is 25.9 Å². The number of nitrogens with zero attached hydrogens (tertiary/aromatic N) is 1. The lowest BCUT2D eigenvalue weighted by atomic mass is 9.82. The Hall–Kier alpha value is -0.410. The number of piperidine rings is 1. The molecule has 0 aliphatic carbocycles. The van der Waals surface area contributed by atoms with Crippen molar-refractivity contribution in [2.45, 2.75) is 26.7 Å². The monoisotopic (exact) mass is 212 g/mol. The number of hydrogen-bond acceptors (Lipinski definition) is 3. The molecule has 2 N–H and O–H groups in total. The van der Waals surface area contributed by atoms with E-state index < -0.39 is 0 Å². The molecule has 3 nitrogen and oxygen atoms in total. The molecule has 0 radical (unpaired) electrons. The summed E-state index contributed by atoms with van der Waals surface area (Å²) in [5.41, 5.74) is 5.68. The lowest BCUT2D eigenvalue weighted by Gasteiger charge is -2.31. The number of rotatable bonds is 4. The van der Waals surface area contributed by atoms with Gasteiger partial charge in [-0.3, -0.25) is 4.79 Å². The normalized spacial score (nSPS) is 25.5. The molecule has 1 heterocycles. The van der Waals surface area contributed by atoms with E-state index in [0.29, 0.717) is 18.2 Å². The first-order valence-corrected chi connectivity index (χ1v) is 5.98. The van der Waals surface area contributed by atoms with Gasteiger partial charge in [0.15, 0.2) is 0 Å². The van der Waals surface area contributed by atoms with Gasteiger partial charge in [0.2, 0.25) is 0 Å². The fourth-order valence-corrected chi connectivity index (χ4v) is 2.42. The summed E-state index contributed by atoms with van der Waals surface area (Å²) in [5, 5.41) is 0. The molecule has 1 rings (SSSR count). The molecule has 1 saturated heterocycles. The second-order valence-electron chi connectivity index (χ2n) is 5.09. The standard InChI is InChI=1S/C12H24N2O/c1-9(2)11(7-13)12(15)10-5-4-6-14(3)8-10/h9-11H,4-8,13H2,1-3H3. The Kier molecular flexibility index (Phi) is 4.74. The van der Waals surface area contributed by atoms with Crippen molar-refractivity contribution >= 4 is 5.78 Å². The second kappa shape index (κ2) is 5.61. The average molecular weight is 212 g/mol. The third-order valence-electron chi connectivity index (χ3n) is 3.45. The summed E-state index contributed by atoms with van der Waals surface area (Å²) < 4.78 is 0. The first kappa shape index (κ1) is 12.7. The Morgan fingerprint density at radius 1 is 1.53 bits per heavy atom. The lowest BCUT2D eigenvalue weighted by Crippen LogP contribution is -2.41. The van der Waals surface area contributed by atoms with Crippen LogP contribution in [-0.2, 0) is 4.79 Å². The second-order valence-corrected chi connectivity index (χ2v) is 5.09. The summed E-state index contributed by atoms with van der Waals surface area (Å²) in [5.74, 6) is 1.04. The molecule has 0 saturated carbocycles. The molecule has 1 aliphatic heterocycles. The van der Waals surface area contributed by atoms with Gasteiger partial charge in [-0.1, -0.05) is 13.8 Å². The zero-order chi connectivity index (χ0) is 11.4. The number of ketones is 1. The van der Waals surface area contributed by atoms with Gasteiger partial charge in [-0.25, -0.2) is 0 Å². The lowest BCUT2D eigenvalue weighted by molar-refractivity contribution is -0.129. The van der Waals surface area contributed by atoms with Crippen LogP contribution in [0.15, 0.2) is 0 Å². The van der Waals surface area contributed by atoms with Gasteiger partial charge in [-0.2, -0.15) is 0 Å². The number of Topliss-reactive ketones (excluding diaryl/α,β-unsaturated/α-hetero) is 1. The van der Waals surface area contributed by atoms with E-state index in [1.54, 1.807) is 0 Å². The molecular weight excluding hydrogens is 188 g/mol. The van der Waals surface area contributed by atoms with Crippen molar-refractivity contribution in [1.29, 1.82) is 0 Å². The van der Waals surface area contributed by atoms with E-state index in [1.807, 2.05) is 0 Å². The molecule has 2 unspecified atom stereocenters. The van der Waals surface area contributed by atoms with Crippen molar-refractivity contribution in [2.24, 2.45) is 23.5 Å². The van der Waals surface area contributed by atoms with Gasteiger partial charge in [-0.15, -0.1) is 0 Å². The Balaban J connectivity index is 2.57. The Bertz CT molecular complexity index is 216. The van der Waals surface area contributed by atoms with E-state index in [1.165, 1.54) is 0 Å². The number of carbonyl (C=O) groups is 1. The first-order valence-electron chi connectivity index (χ1n) is 5.98. The maximum atomic E-state index is 12.2. The fourth-order valence-electron chi connectivity index (χ4n) is 2.42. The van der Waals surface area contributed by atoms with Gasteiger partial charge in [0.05, 0.1) is 0 Å². The van der Waals surface area contributed by atoms with Crippen LogP contribution in [0.2, 0.25) is 0 Å². The van der Waals surface area contributed by atoms with E-state index in [-0.39, 0.29) is 11.8 Å². The minimum atomic E-state index is 0.0569. The van der Waals surface area contributed by atoms with Crippen molar-refractivity contribution < 1.29 is 4.79 Å². The highest BCUT2D eigenvalue weighted by Gasteiger charge is 2.30.